The Morgan fingerprint density at radius 1 is 0.483 bits per heavy atom. The van der Waals surface area contributed by atoms with Crippen LogP contribution in [0.5, 0.6) is 0 Å². The maximum atomic E-state index is 2.36. The van der Waals surface area contributed by atoms with Gasteiger partial charge in [0.25, 0.3) is 0 Å². The van der Waals surface area contributed by atoms with E-state index in [1.54, 1.807) is 0 Å². The van der Waals surface area contributed by atoms with E-state index < -0.39 is 0 Å². The quantitative estimate of drug-likeness (QED) is 0.238. The van der Waals surface area contributed by atoms with Crippen LogP contribution in [0.25, 0.3) is 43.1 Å². The zero-order valence-corrected chi connectivity index (χ0v) is 16.0. The molecule has 6 aromatic rings. The summed E-state index contributed by atoms with van der Waals surface area (Å²) in [4.78, 5) is 0. The normalized spacial score (nSPS) is 11.6. The number of benzene rings is 5. The molecule has 0 N–H and O–H groups in total. The average Bonchev–Trinajstić information content (AvgIpc) is 2.77. The summed E-state index contributed by atoms with van der Waals surface area (Å²) < 4.78 is 2.30. The lowest BCUT2D eigenvalue weighted by molar-refractivity contribution is -0.686. The lowest BCUT2D eigenvalue weighted by atomic mass is 9.94. The summed E-state index contributed by atoms with van der Waals surface area (Å²) in [7, 11) is 0. The standard InChI is InChI=1S/C28H20N/c1-4-11-24-18-29(14-13-20(24)7-1)19-28-26-12-6-5-10-23(26)16-25-15-21-8-2-3-9-22(21)17-27(25)28/h1-18H,19H2/q+1. The topological polar surface area (TPSA) is 3.88 Å². The molecule has 0 unspecified atom stereocenters. The lowest BCUT2D eigenvalue weighted by Crippen LogP contribution is -2.33. The van der Waals surface area contributed by atoms with Gasteiger partial charge in [-0.3, -0.25) is 0 Å². The van der Waals surface area contributed by atoms with Gasteiger partial charge in [-0.05, 0) is 62.0 Å². The summed E-state index contributed by atoms with van der Waals surface area (Å²) in [5.41, 5.74) is 1.38. The van der Waals surface area contributed by atoms with Gasteiger partial charge < -0.3 is 0 Å². The second-order valence-electron chi connectivity index (χ2n) is 7.74. The summed E-state index contributed by atoms with van der Waals surface area (Å²) in [6.45, 7) is 0.848. The number of aromatic nitrogens is 1. The predicted octanol–water partition coefficient (Wildman–Crippen LogP) is 6.64. The van der Waals surface area contributed by atoms with Crippen LogP contribution in [0.4, 0.5) is 0 Å². The SMILES string of the molecule is c1ccc2c[n+](Cc3c4ccccc4cc4cc5ccccc5cc34)ccc2c1. The molecule has 0 spiro atoms. The Labute approximate surface area is 169 Å². The Morgan fingerprint density at radius 2 is 1.10 bits per heavy atom. The van der Waals surface area contributed by atoms with Gasteiger partial charge >= 0.3 is 0 Å². The van der Waals surface area contributed by atoms with E-state index in [1.165, 1.54) is 48.7 Å². The number of pyridine rings is 1. The third-order valence-electron chi connectivity index (χ3n) is 5.93. The maximum absolute atomic E-state index is 2.36. The number of hydrogen-bond donors (Lipinski definition) is 0. The first-order valence-corrected chi connectivity index (χ1v) is 10.1. The molecule has 1 heterocycles. The molecular weight excluding hydrogens is 350 g/mol. The fourth-order valence-corrected chi connectivity index (χ4v) is 4.48. The molecule has 1 heteroatoms. The van der Waals surface area contributed by atoms with Crippen molar-refractivity contribution in [2.75, 3.05) is 0 Å². The lowest BCUT2D eigenvalue weighted by Gasteiger charge is -2.11. The van der Waals surface area contributed by atoms with E-state index in [4.69, 9.17) is 0 Å². The molecule has 1 nitrogen and oxygen atoms in total. The van der Waals surface area contributed by atoms with Crippen LogP contribution in [-0.2, 0) is 6.54 Å². The van der Waals surface area contributed by atoms with Gasteiger partial charge in [0.2, 0.25) is 0 Å². The first kappa shape index (κ1) is 16.3. The van der Waals surface area contributed by atoms with E-state index >= 15 is 0 Å². The third-order valence-corrected chi connectivity index (χ3v) is 5.93. The molecule has 5 aromatic carbocycles. The molecule has 1 aromatic heterocycles. The fourth-order valence-electron chi connectivity index (χ4n) is 4.48. The van der Waals surface area contributed by atoms with Gasteiger partial charge in [0.1, 0.15) is 0 Å². The molecule has 0 radical (unpaired) electrons. The Morgan fingerprint density at radius 3 is 1.93 bits per heavy atom. The molecular formula is C28H20N+. The average molecular weight is 370 g/mol. The van der Waals surface area contributed by atoms with Crippen molar-refractivity contribution in [2.24, 2.45) is 0 Å². The Kier molecular flexibility index (Phi) is 3.60. The molecule has 0 saturated carbocycles. The zero-order valence-electron chi connectivity index (χ0n) is 16.0. The Bertz CT molecular complexity index is 1520. The summed E-state index contributed by atoms with van der Waals surface area (Å²) in [6, 6.07) is 35.1. The molecule has 0 atom stereocenters. The smallest absolute Gasteiger partial charge is 0.176 e. The zero-order chi connectivity index (χ0) is 19.2. The molecule has 0 aliphatic carbocycles. The van der Waals surface area contributed by atoms with Gasteiger partial charge in [0, 0.05) is 17.0 Å². The molecule has 0 bridgehead atoms. The molecule has 0 saturated heterocycles. The number of hydrogen-bond acceptors (Lipinski definition) is 0. The highest BCUT2D eigenvalue weighted by Crippen LogP contribution is 2.31. The van der Waals surface area contributed by atoms with Gasteiger partial charge in [-0.1, -0.05) is 66.7 Å². The van der Waals surface area contributed by atoms with E-state index in [1.807, 2.05) is 0 Å². The summed E-state index contributed by atoms with van der Waals surface area (Å²) in [5, 5.41) is 10.4. The van der Waals surface area contributed by atoms with Gasteiger partial charge in [-0.2, -0.15) is 0 Å². The van der Waals surface area contributed by atoms with Gasteiger partial charge in [-0.15, -0.1) is 0 Å². The van der Waals surface area contributed by atoms with Crippen molar-refractivity contribution in [3.05, 3.63) is 115 Å². The van der Waals surface area contributed by atoms with Crippen molar-refractivity contribution < 1.29 is 4.57 Å². The first-order valence-electron chi connectivity index (χ1n) is 10.1. The van der Waals surface area contributed by atoms with Crippen molar-refractivity contribution in [1.82, 2.24) is 0 Å². The highest BCUT2D eigenvalue weighted by Gasteiger charge is 2.13. The number of rotatable bonds is 2. The van der Waals surface area contributed by atoms with E-state index in [0.29, 0.717) is 0 Å². The second kappa shape index (κ2) is 6.42. The van der Waals surface area contributed by atoms with Crippen molar-refractivity contribution in [2.45, 2.75) is 6.54 Å². The van der Waals surface area contributed by atoms with Gasteiger partial charge in [-0.25, -0.2) is 4.57 Å². The Balaban J connectivity index is 1.63. The van der Waals surface area contributed by atoms with Gasteiger partial charge in [0.05, 0.1) is 0 Å². The maximum Gasteiger partial charge on any atom is 0.176 e. The van der Waals surface area contributed by atoms with Crippen LogP contribution in [0.15, 0.2) is 109 Å². The molecule has 136 valence electrons. The molecule has 6 rings (SSSR count). The highest BCUT2D eigenvalue weighted by molar-refractivity contribution is 6.07. The molecule has 0 amide bonds. The van der Waals surface area contributed by atoms with Crippen LogP contribution in [0, 0.1) is 0 Å². The second-order valence-corrected chi connectivity index (χ2v) is 7.74. The molecule has 0 fully saturated rings. The monoisotopic (exact) mass is 370 g/mol. The molecule has 0 aliphatic rings. The Hall–Kier alpha value is -3.71. The van der Waals surface area contributed by atoms with Crippen molar-refractivity contribution in [3.63, 3.8) is 0 Å². The van der Waals surface area contributed by atoms with E-state index in [0.717, 1.165) is 6.54 Å². The van der Waals surface area contributed by atoms with Crippen molar-refractivity contribution in [3.8, 4) is 0 Å². The van der Waals surface area contributed by atoms with Crippen molar-refractivity contribution in [1.29, 1.82) is 0 Å². The molecule has 29 heavy (non-hydrogen) atoms. The van der Waals surface area contributed by atoms with Crippen LogP contribution >= 0.6 is 0 Å². The number of nitrogens with zero attached hydrogens (tertiary/aromatic N) is 1. The number of fused-ring (bicyclic) bond motifs is 4. The highest BCUT2D eigenvalue weighted by atomic mass is 14.9. The van der Waals surface area contributed by atoms with Gasteiger partial charge in [0.15, 0.2) is 18.9 Å². The molecule has 0 aliphatic heterocycles. The van der Waals surface area contributed by atoms with Crippen molar-refractivity contribution >= 4 is 43.1 Å². The summed E-state index contributed by atoms with van der Waals surface area (Å²) in [5.74, 6) is 0. The summed E-state index contributed by atoms with van der Waals surface area (Å²) >= 11 is 0. The fraction of sp³-hybridized carbons (Fsp3) is 0.0357. The predicted molar refractivity (Wildman–Crippen MR) is 122 cm³/mol. The van der Waals surface area contributed by atoms with Crippen LogP contribution in [0.3, 0.4) is 0 Å². The van der Waals surface area contributed by atoms with Crippen LogP contribution in [0.1, 0.15) is 5.56 Å². The first-order chi connectivity index (χ1) is 14.3. The van der Waals surface area contributed by atoms with E-state index in [-0.39, 0.29) is 0 Å². The minimum Gasteiger partial charge on any atom is -0.200 e. The largest absolute Gasteiger partial charge is 0.200 e. The van der Waals surface area contributed by atoms with Crippen LogP contribution < -0.4 is 4.57 Å². The van der Waals surface area contributed by atoms with Crippen LogP contribution in [-0.4, -0.2) is 0 Å². The van der Waals surface area contributed by atoms with E-state index in [9.17, 15) is 0 Å². The minimum absolute atomic E-state index is 0.848. The third kappa shape index (κ3) is 2.75. The van der Waals surface area contributed by atoms with Crippen LogP contribution in [0.2, 0.25) is 0 Å². The minimum atomic E-state index is 0.848. The summed E-state index contributed by atoms with van der Waals surface area (Å²) in [6.07, 6.45) is 4.45. The van der Waals surface area contributed by atoms with E-state index in [2.05, 4.69) is 114 Å².